The molecule has 0 fully saturated rings. The third kappa shape index (κ3) is 2.09. The van der Waals surface area contributed by atoms with Crippen LogP contribution in [-0.4, -0.2) is 9.97 Å². The van der Waals surface area contributed by atoms with Crippen molar-refractivity contribution in [3.8, 4) is 0 Å². The first-order valence-corrected chi connectivity index (χ1v) is 4.75. The second-order valence-electron chi connectivity index (χ2n) is 2.89. The van der Waals surface area contributed by atoms with Gasteiger partial charge in [0.05, 0.1) is 11.7 Å². The van der Waals surface area contributed by atoms with Crippen LogP contribution in [0.25, 0.3) is 10.9 Å². The zero-order valence-corrected chi connectivity index (χ0v) is 8.80. The SMILES string of the molecule is FC(F)(F)c1ccc2cc(Br)ncc2n1. The van der Waals surface area contributed by atoms with Gasteiger partial charge in [-0.15, -0.1) is 0 Å². The molecule has 0 N–H and O–H groups in total. The van der Waals surface area contributed by atoms with Gasteiger partial charge in [0, 0.05) is 5.39 Å². The fourth-order valence-electron chi connectivity index (χ4n) is 1.16. The van der Waals surface area contributed by atoms with Gasteiger partial charge < -0.3 is 0 Å². The highest BCUT2D eigenvalue weighted by Gasteiger charge is 2.32. The van der Waals surface area contributed by atoms with Gasteiger partial charge in [-0.25, -0.2) is 9.97 Å². The van der Waals surface area contributed by atoms with Crippen LogP contribution >= 0.6 is 15.9 Å². The summed E-state index contributed by atoms with van der Waals surface area (Å²) in [6.07, 6.45) is -3.12. The standard InChI is InChI=1S/C9H4BrF3N2/c10-8-3-5-1-2-7(9(11,12)13)15-6(5)4-14-8/h1-4H. The Balaban J connectivity index is 2.62. The molecule has 78 valence electrons. The summed E-state index contributed by atoms with van der Waals surface area (Å²) in [7, 11) is 0. The maximum absolute atomic E-state index is 12.3. The van der Waals surface area contributed by atoms with Crippen molar-refractivity contribution >= 4 is 26.8 Å². The minimum absolute atomic E-state index is 0.230. The van der Waals surface area contributed by atoms with Crippen LogP contribution < -0.4 is 0 Å². The molecule has 0 amide bonds. The molecule has 0 unspecified atom stereocenters. The zero-order chi connectivity index (χ0) is 11.1. The van der Waals surface area contributed by atoms with Crippen LogP contribution in [0.1, 0.15) is 5.69 Å². The topological polar surface area (TPSA) is 25.8 Å². The second-order valence-corrected chi connectivity index (χ2v) is 3.71. The van der Waals surface area contributed by atoms with E-state index in [9.17, 15) is 13.2 Å². The molecule has 0 aliphatic carbocycles. The molecular weight excluding hydrogens is 273 g/mol. The molecule has 0 atom stereocenters. The molecule has 6 heteroatoms. The van der Waals surface area contributed by atoms with Crippen molar-refractivity contribution in [1.29, 1.82) is 0 Å². The molecular formula is C9H4BrF3N2. The molecule has 0 aliphatic rings. The Morgan fingerprint density at radius 1 is 1.20 bits per heavy atom. The maximum atomic E-state index is 12.3. The molecule has 0 saturated heterocycles. The summed E-state index contributed by atoms with van der Waals surface area (Å²) in [5, 5.41) is 0.616. The van der Waals surface area contributed by atoms with Gasteiger partial charge in [0.15, 0.2) is 0 Å². The van der Waals surface area contributed by atoms with Gasteiger partial charge in [-0.3, -0.25) is 0 Å². The van der Waals surface area contributed by atoms with Crippen LogP contribution in [-0.2, 0) is 6.18 Å². The Bertz CT molecular complexity index is 510. The van der Waals surface area contributed by atoms with E-state index in [4.69, 9.17) is 0 Å². The summed E-state index contributed by atoms with van der Waals surface area (Å²) in [5.74, 6) is 0. The van der Waals surface area contributed by atoms with Gasteiger partial charge in [0.25, 0.3) is 0 Å². The third-order valence-electron chi connectivity index (χ3n) is 1.83. The summed E-state index contributed by atoms with van der Waals surface area (Å²) in [6.45, 7) is 0. The minimum Gasteiger partial charge on any atom is -0.247 e. The Morgan fingerprint density at radius 3 is 2.60 bits per heavy atom. The number of rotatable bonds is 0. The molecule has 0 aromatic carbocycles. The number of pyridine rings is 2. The van der Waals surface area contributed by atoms with Gasteiger partial charge in [-0.1, -0.05) is 6.07 Å². The number of hydrogen-bond acceptors (Lipinski definition) is 2. The van der Waals surface area contributed by atoms with Gasteiger partial charge >= 0.3 is 6.18 Å². The van der Waals surface area contributed by atoms with Crippen molar-refractivity contribution in [2.45, 2.75) is 6.18 Å². The van der Waals surface area contributed by atoms with E-state index in [1.807, 2.05) is 0 Å². The minimum atomic E-state index is -4.42. The lowest BCUT2D eigenvalue weighted by molar-refractivity contribution is -0.140. The smallest absolute Gasteiger partial charge is 0.247 e. The van der Waals surface area contributed by atoms with E-state index in [2.05, 4.69) is 25.9 Å². The molecule has 0 bridgehead atoms. The number of alkyl halides is 3. The lowest BCUT2D eigenvalue weighted by atomic mass is 10.2. The van der Waals surface area contributed by atoms with Crippen molar-refractivity contribution in [2.24, 2.45) is 0 Å². The van der Waals surface area contributed by atoms with E-state index in [0.717, 1.165) is 6.07 Å². The van der Waals surface area contributed by atoms with Gasteiger partial charge in [0.2, 0.25) is 0 Å². The highest BCUT2D eigenvalue weighted by molar-refractivity contribution is 9.10. The zero-order valence-electron chi connectivity index (χ0n) is 7.22. The van der Waals surface area contributed by atoms with Gasteiger partial charge in [-0.2, -0.15) is 13.2 Å². The molecule has 2 aromatic heterocycles. The number of hydrogen-bond donors (Lipinski definition) is 0. The van der Waals surface area contributed by atoms with Crippen molar-refractivity contribution in [3.63, 3.8) is 0 Å². The average molecular weight is 277 g/mol. The molecule has 0 saturated carbocycles. The summed E-state index contributed by atoms with van der Waals surface area (Å²) in [5.41, 5.74) is -0.674. The first-order valence-electron chi connectivity index (χ1n) is 3.96. The predicted molar refractivity (Wildman–Crippen MR) is 52.2 cm³/mol. The second kappa shape index (κ2) is 3.44. The largest absolute Gasteiger partial charge is 0.433 e. The molecule has 2 nitrogen and oxygen atoms in total. The highest BCUT2D eigenvalue weighted by atomic mass is 79.9. The third-order valence-corrected chi connectivity index (χ3v) is 2.27. The van der Waals surface area contributed by atoms with Crippen LogP contribution in [0, 0.1) is 0 Å². The lowest BCUT2D eigenvalue weighted by Crippen LogP contribution is -2.07. The fraction of sp³-hybridized carbons (Fsp3) is 0.111. The number of fused-ring (bicyclic) bond motifs is 1. The Labute approximate surface area is 91.3 Å². The molecule has 2 rings (SSSR count). The quantitative estimate of drug-likeness (QED) is 0.689. The summed E-state index contributed by atoms with van der Waals surface area (Å²) in [6, 6.07) is 3.94. The predicted octanol–water partition coefficient (Wildman–Crippen LogP) is 3.41. The van der Waals surface area contributed by atoms with Crippen LogP contribution in [0.4, 0.5) is 13.2 Å². The van der Waals surface area contributed by atoms with Crippen LogP contribution in [0.15, 0.2) is 29.0 Å². The Hall–Kier alpha value is -1.17. The monoisotopic (exact) mass is 276 g/mol. The first kappa shape index (κ1) is 10.4. The van der Waals surface area contributed by atoms with Crippen molar-refractivity contribution in [3.05, 3.63) is 34.7 Å². The maximum Gasteiger partial charge on any atom is 0.433 e. The Kier molecular flexibility index (Phi) is 2.38. The summed E-state index contributed by atoms with van der Waals surface area (Å²) in [4.78, 5) is 7.30. The van der Waals surface area contributed by atoms with Crippen LogP contribution in [0.2, 0.25) is 0 Å². The van der Waals surface area contributed by atoms with E-state index < -0.39 is 11.9 Å². The van der Waals surface area contributed by atoms with Crippen LogP contribution in [0.5, 0.6) is 0 Å². The highest BCUT2D eigenvalue weighted by Crippen LogP contribution is 2.29. The molecule has 0 aliphatic heterocycles. The number of aromatic nitrogens is 2. The number of halogens is 4. The van der Waals surface area contributed by atoms with E-state index in [1.165, 1.54) is 12.3 Å². The normalized spacial score (nSPS) is 12.0. The Morgan fingerprint density at radius 2 is 1.93 bits per heavy atom. The van der Waals surface area contributed by atoms with Gasteiger partial charge in [-0.05, 0) is 28.1 Å². The molecule has 0 radical (unpaired) electrons. The number of nitrogens with zero attached hydrogens (tertiary/aromatic N) is 2. The van der Waals surface area contributed by atoms with E-state index >= 15 is 0 Å². The summed E-state index contributed by atoms with van der Waals surface area (Å²) >= 11 is 3.13. The van der Waals surface area contributed by atoms with Crippen molar-refractivity contribution in [1.82, 2.24) is 9.97 Å². The van der Waals surface area contributed by atoms with E-state index in [-0.39, 0.29) is 5.52 Å². The van der Waals surface area contributed by atoms with Crippen molar-refractivity contribution in [2.75, 3.05) is 0 Å². The fourth-order valence-corrected chi connectivity index (χ4v) is 1.51. The first-order chi connectivity index (χ1) is 6.97. The van der Waals surface area contributed by atoms with Gasteiger partial charge in [0.1, 0.15) is 10.3 Å². The molecule has 2 aromatic rings. The molecule has 2 heterocycles. The average Bonchev–Trinajstić information content (AvgIpc) is 2.15. The molecule has 0 spiro atoms. The van der Waals surface area contributed by atoms with Crippen molar-refractivity contribution < 1.29 is 13.2 Å². The van der Waals surface area contributed by atoms with E-state index in [0.29, 0.717) is 9.99 Å². The van der Waals surface area contributed by atoms with Crippen LogP contribution in [0.3, 0.4) is 0 Å². The lowest BCUT2D eigenvalue weighted by Gasteiger charge is -2.06. The summed E-state index contributed by atoms with van der Waals surface area (Å²) < 4.78 is 37.5. The van der Waals surface area contributed by atoms with E-state index in [1.54, 1.807) is 6.07 Å². The molecule has 15 heavy (non-hydrogen) atoms.